The van der Waals surface area contributed by atoms with Crippen LogP contribution in [-0.4, -0.2) is 36.1 Å². The van der Waals surface area contributed by atoms with Gasteiger partial charge in [0, 0.05) is 17.3 Å². The molecule has 0 spiro atoms. The topological polar surface area (TPSA) is 28.2 Å². The maximum atomic E-state index is 4.82. The molecule has 2 rings (SSSR count). The third-order valence-corrected chi connectivity index (χ3v) is 4.80. The first-order valence-electron chi connectivity index (χ1n) is 7.87. The van der Waals surface area contributed by atoms with Crippen molar-refractivity contribution in [3.05, 3.63) is 16.1 Å². The van der Waals surface area contributed by atoms with E-state index >= 15 is 0 Å². The molecule has 1 unspecified atom stereocenters. The van der Waals surface area contributed by atoms with Crippen molar-refractivity contribution in [1.82, 2.24) is 15.2 Å². The van der Waals surface area contributed by atoms with Crippen LogP contribution in [0.1, 0.15) is 51.2 Å². The van der Waals surface area contributed by atoms with Gasteiger partial charge in [0.15, 0.2) is 0 Å². The zero-order valence-electron chi connectivity index (χ0n) is 13.4. The normalized spacial score (nSPS) is 21.3. The predicted molar refractivity (Wildman–Crippen MR) is 87.4 cm³/mol. The Morgan fingerprint density at radius 2 is 2.25 bits per heavy atom. The summed E-state index contributed by atoms with van der Waals surface area (Å²) >= 11 is 1.82. The lowest BCUT2D eigenvalue weighted by Gasteiger charge is -2.32. The third kappa shape index (κ3) is 4.54. The first-order chi connectivity index (χ1) is 9.49. The molecule has 0 saturated carbocycles. The molecule has 0 bridgehead atoms. The Kier molecular flexibility index (Phi) is 5.58. The van der Waals surface area contributed by atoms with E-state index in [1.807, 2.05) is 11.3 Å². The van der Waals surface area contributed by atoms with Gasteiger partial charge in [-0.3, -0.25) is 4.90 Å². The number of hydrogen-bond donors (Lipinski definition) is 1. The Hall–Kier alpha value is -0.450. The van der Waals surface area contributed by atoms with Crippen LogP contribution in [0.2, 0.25) is 0 Å². The van der Waals surface area contributed by atoms with Gasteiger partial charge in [0.1, 0.15) is 5.01 Å². The molecule has 1 fully saturated rings. The Balaban J connectivity index is 1.88. The van der Waals surface area contributed by atoms with Crippen molar-refractivity contribution in [1.29, 1.82) is 0 Å². The average molecular weight is 295 g/mol. The summed E-state index contributed by atoms with van der Waals surface area (Å²) in [6.45, 7) is 14.6. The van der Waals surface area contributed by atoms with Gasteiger partial charge >= 0.3 is 0 Å². The van der Waals surface area contributed by atoms with Crippen LogP contribution < -0.4 is 5.32 Å². The first kappa shape index (κ1) is 15.9. The highest BCUT2D eigenvalue weighted by Crippen LogP contribution is 2.25. The lowest BCUT2D eigenvalue weighted by molar-refractivity contribution is 0.165. The molecular formula is C16H29N3S. The van der Waals surface area contributed by atoms with Crippen LogP contribution in [-0.2, 0) is 12.0 Å². The van der Waals surface area contributed by atoms with Crippen molar-refractivity contribution in [2.24, 2.45) is 5.92 Å². The molecule has 1 atom stereocenters. The molecule has 1 N–H and O–H groups in total. The summed E-state index contributed by atoms with van der Waals surface area (Å²) in [5.74, 6) is 0.811. The summed E-state index contributed by atoms with van der Waals surface area (Å²) in [5, 5.41) is 7.00. The molecule has 0 aromatic carbocycles. The molecule has 0 amide bonds. The number of hydrogen-bond acceptors (Lipinski definition) is 4. The third-order valence-electron chi connectivity index (χ3n) is 3.97. The maximum Gasteiger partial charge on any atom is 0.107 e. The molecule has 0 aliphatic carbocycles. The minimum atomic E-state index is 0.171. The van der Waals surface area contributed by atoms with E-state index in [0.29, 0.717) is 0 Å². The zero-order valence-corrected chi connectivity index (χ0v) is 14.2. The van der Waals surface area contributed by atoms with E-state index in [1.165, 1.54) is 36.6 Å². The molecule has 2 heterocycles. The molecule has 20 heavy (non-hydrogen) atoms. The molecule has 3 nitrogen and oxygen atoms in total. The maximum absolute atomic E-state index is 4.82. The van der Waals surface area contributed by atoms with E-state index in [1.54, 1.807) is 0 Å². The molecule has 1 aliphatic rings. The minimum Gasteiger partial charge on any atom is -0.317 e. The predicted octanol–water partition coefficient (Wildman–Crippen LogP) is 3.26. The van der Waals surface area contributed by atoms with E-state index in [-0.39, 0.29) is 5.41 Å². The summed E-state index contributed by atoms with van der Waals surface area (Å²) < 4.78 is 0. The summed E-state index contributed by atoms with van der Waals surface area (Å²) in [5.41, 5.74) is 1.41. The number of nitrogens with zero attached hydrogens (tertiary/aromatic N) is 2. The number of rotatable bonds is 5. The van der Waals surface area contributed by atoms with Crippen molar-refractivity contribution >= 4 is 11.3 Å². The molecular weight excluding hydrogens is 266 g/mol. The van der Waals surface area contributed by atoms with Crippen LogP contribution in [0.4, 0.5) is 0 Å². The minimum absolute atomic E-state index is 0.171. The van der Waals surface area contributed by atoms with Gasteiger partial charge < -0.3 is 5.32 Å². The number of nitrogens with one attached hydrogen (secondary N) is 1. The van der Waals surface area contributed by atoms with Crippen molar-refractivity contribution in [2.45, 2.75) is 52.5 Å². The van der Waals surface area contributed by atoms with Gasteiger partial charge in [-0.05, 0) is 38.4 Å². The van der Waals surface area contributed by atoms with Crippen LogP contribution in [0.3, 0.4) is 0 Å². The first-order valence-corrected chi connectivity index (χ1v) is 8.75. The SMILES string of the molecule is CCNCC1CCCN(Cc2nc(C(C)(C)C)cs2)C1. The highest BCUT2D eigenvalue weighted by atomic mass is 32.1. The van der Waals surface area contributed by atoms with Gasteiger partial charge in [-0.15, -0.1) is 11.3 Å². The van der Waals surface area contributed by atoms with Crippen molar-refractivity contribution in [3.63, 3.8) is 0 Å². The summed E-state index contributed by atoms with van der Waals surface area (Å²) in [4.78, 5) is 7.40. The van der Waals surface area contributed by atoms with Gasteiger partial charge in [-0.2, -0.15) is 0 Å². The molecule has 0 radical (unpaired) electrons. The van der Waals surface area contributed by atoms with Gasteiger partial charge in [0.2, 0.25) is 0 Å². The second-order valence-corrected chi connectivity index (χ2v) is 7.87. The highest BCUT2D eigenvalue weighted by molar-refractivity contribution is 7.09. The second-order valence-electron chi connectivity index (χ2n) is 6.93. The molecule has 1 aromatic rings. The van der Waals surface area contributed by atoms with E-state index in [4.69, 9.17) is 4.98 Å². The number of aromatic nitrogens is 1. The molecule has 114 valence electrons. The Morgan fingerprint density at radius 1 is 1.45 bits per heavy atom. The smallest absolute Gasteiger partial charge is 0.107 e. The van der Waals surface area contributed by atoms with E-state index in [0.717, 1.165) is 25.6 Å². The van der Waals surface area contributed by atoms with Crippen LogP contribution in [0, 0.1) is 5.92 Å². The fourth-order valence-electron chi connectivity index (χ4n) is 2.73. The molecule has 1 saturated heterocycles. The Labute approximate surface area is 127 Å². The number of thiazole rings is 1. The summed E-state index contributed by atoms with van der Waals surface area (Å²) in [6, 6.07) is 0. The number of likely N-dealkylation sites (tertiary alicyclic amines) is 1. The van der Waals surface area contributed by atoms with Crippen molar-refractivity contribution in [3.8, 4) is 0 Å². The van der Waals surface area contributed by atoms with Gasteiger partial charge in [0.25, 0.3) is 0 Å². The Bertz CT molecular complexity index is 408. The Morgan fingerprint density at radius 3 is 2.90 bits per heavy atom. The quantitative estimate of drug-likeness (QED) is 0.903. The van der Waals surface area contributed by atoms with Gasteiger partial charge in [-0.1, -0.05) is 27.7 Å². The largest absolute Gasteiger partial charge is 0.317 e. The van der Waals surface area contributed by atoms with E-state index < -0.39 is 0 Å². The van der Waals surface area contributed by atoms with Crippen LogP contribution in [0.25, 0.3) is 0 Å². The van der Waals surface area contributed by atoms with Crippen LogP contribution >= 0.6 is 11.3 Å². The summed E-state index contributed by atoms with van der Waals surface area (Å²) in [6.07, 6.45) is 2.70. The van der Waals surface area contributed by atoms with E-state index in [2.05, 4.69) is 43.3 Å². The van der Waals surface area contributed by atoms with Gasteiger partial charge in [0.05, 0.1) is 12.2 Å². The lowest BCUT2D eigenvalue weighted by Crippen LogP contribution is -2.39. The van der Waals surface area contributed by atoms with Gasteiger partial charge in [-0.25, -0.2) is 4.98 Å². The zero-order chi connectivity index (χ0) is 14.6. The standard InChI is InChI=1S/C16H29N3S/c1-5-17-9-13-7-6-8-19(10-13)11-15-18-14(12-20-15)16(2,3)4/h12-13,17H,5-11H2,1-4H3. The molecule has 4 heteroatoms. The average Bonchev–Trinajstić information content (AvgIpc) is 2.85. The second kappa shape index (κ2) is 7.01. The lowest BCUT2D eigenvalue weighted by atomic mass is 9.93. The summed E-state index contributed by atoms with van der Waals surface area (Å²) in [7, 11) is 0. The molecule has 1 aromatic heterocycles. The molecule has 1 aliphatic heterocycles. The highest BCUT2D eigenvalue weighted by Gasteiger charge is 2.22. The number of piperidine rings is 1. The van der Waals surface area contributed by atoms with Crippen molar-refractivity contribution < 1.29 is 0 Å². The van der Waals surface area contributed by atoms with Crippen LogP contribution in [0.5, 0.6) is 0 Å². The van der Waals surface area contributed by atoms with Crippen molar-refractivity contribution in [2.75, 3.05) is 26.2 Å². The monoisotopic (exact) mass is 295 g/mol. The van der Waals surface area contributed by atoms with Crippen LogP contribution in [0.15, 0.2) is 5.38 Å². The fraction of sp³-hybridized carbons (Fsp3) is 0.812. The fourth-order valence-corrected chi connectivity index (χ4v) is 3.79. The van der Waals surface area contributed by atoms with E-state index in [9.17, 15) is 0 Å².